The van der Waals surface area contributed by atoms with Gasteiger partial charge in [0.2, 0.25) is 4.80 Å². The number of thiazole rings is 1. The van der Waals surface area contributed by atoms with E-state index in [0.717, 1.165) is 27.5 Å². The van der Waals surface area contributed by atoms with Crippen LogP contribution in [0.25, 0.3) is 10.6 Å². The van der Waals surface area contributed by atoms with Crippen molar-refractivity contribution in [2.45, 2.75) is 0 Å². The minimum atomic E-state index is 0.817. The van der Waals surface area contributed by atoms with Gasteiger partial charge in [0.1, 0.15) is 5.75 Å². The number of ether oxygens (including phenoxy) is 1. The van der Waals surface area contributed by atoms with Crippen molar-refractivity contribution < 1.29 is 4.74 Å². The third-order valence-electron chi connectivity index (χ3n) is 3.62. The molecule has 0 N–H and O–H groups in total. The van der Waals surface area contributed by atoms with Crippen LogP contribution in [0.5, 0.6) is 5.75 Å². The molecule has 0 spiro atoms. The van der Waals surface area contributed by atoms with Crippen LogP contribution in [0.15, 0.2) is 74.1 Å². The zero-order chi connectivity index (χ0) is 17.8. The van der Waals surface area contributed by atoms with Crippen molar-refractivity contribution in [3.8, 4) is 16.3 Å². The van der Waals surface area contributed by atoms with Gasteiger partial charge in [0.25, 0.3) is 0 Å². The third kappa shape index (κ3) is 3.70. The lowest BCUT2D eigenvalue weighted by Crippen LogP contribution is -2.11. The molecule has 4 nitrogen and oxygen atoms in total. The first-order valence-corrected chi connectivity index (χ1v) is 10.5. The van der Waals surface area contributed by atoms with Crippen molar-refractivity contribution in [3.63, 3.8) is 0 Å². The minimum Gasteiger partial charge on any atom is -0.497 e. The first kappa shape index (κ1) is 17.0. The number of hydrogen-bond donors (Lipinski definition) is 0. The fourth-order valence-electron chi connectivity index (χ4n) is 2.32. The average molecular weight is 398 g/mol. The van der Waals surface area contributed by atoms with Crippen molar-refractivity contribution in [2.75, 3.05) is 7.11 Å². The first-order valence-electron chi connectivity index (χ1n) is 7.83. The predicted molar refractivity (Wildman–Crippen MR) is 111 cm³/mol. The van der Waals surface area contributed by atoms with Gasteiger partial charge in [-0.2, -0.15) is 16.4 Å². The Bertz CT molecular complexity index is 1060. The van der Waals surface area contributed by atoms with E-state index < -0.39 is 0 Å². The molecular formula is C19H15N3OS3. The Morgan fingerprint density at radius 2 is 1.88 bits per heavy atom. The van der Waals surface area contributed by atoms with Crippen LogP contribution in [0.1, 0.15) is 5.56 Å². The molecule has 0 amide bonds. The second kappa shape index (κ2) is 7.82. The molecule has 130 valence electrons. The zero-order valence-electron chi connectivity index (χ0n) is 13.9. The van der Waals surface area contributed by atoms with Gasteiger partial charge >= 0.3 is 0 Å². The molecule has 3 heterocycles. The molecule has 0 radical (unpaired) electrons. The number of hydrogen-bond acceptors (Lipinski definition) is 6. The van der Waals surface area contributed by atoms with Crippen LogP contribution in [-0.4, -0.2) is 18.0 Å². The Hall–Kier alpha value is -2.48. The summed E-state index contributed by atoms with van der Waals surface area (Å²) >= 11 is 4.93. The Balaban J connectivity index is 1.79. The van der Waals surface area contributed by atoms with E-state index in [4.69, 9.17) is 14.8 Å². The number of nitrogens with zero attached hydrogens (tertiary/aromatic N) is 3. The van der Waals surface area contributed by atoms with E-state index in [1.807, 2.05) is 52.7 Å². The van der Waals surface area contributed by atoms with Crippen LogP contribution in [0.2, 0.25) is 0 Å². The van der Waals surface area contributed by atoms with Crippen LogP contribution in [0.4, 0.5) is 5.69 Å². The Labute approximate surface area is 163 Å². The molecule has 0 aliphatic carbocycles. The van der Waals surface area contributed by atoms with Crippen LogP contribution in [-0.2, 0) is 0 Å². The fourth-order valence-corrected chi connectivity index (χ4v) is 4.58. The molecule has 0 bridgehead atoms. The highest BCUT2D eigenvalue weighted by Gasteiger charge is 2.08. The minimum absolute atomic E-state index is 0.817. The van der Waals surface area contributed by atoms with Crippen molar-refractivity contribution in [1.82, 2.24) is 4.68 Å². The largest absolute Gasteiger partial charge is 0.497 e. The molecule has 4 aromatic rings. The lowest BCUT2D eigenvalue weighted by Gasteiger charge is -2.01. The normalized spacial score (nSPS) is 12.1. The van der Waals surface area contributed by atoms with Gasteiger partial charge in [0.05, 0.1) is 29.6 Å². The molecule has 0 saturated carbocycles. The standard InChI is InChI=1S/C19H15N3OS3/c1-23-16-6-4-15(5-7-16)21-19-22(20-11-14-8-10-24-12-14)17(13-26-19)18-3-2-9-25-18/h2-13H,1H3. The van der Waals surface area contributed by atoms with Crippen LogP contribution in [0, 0.1) is 0 Å². The maximum Gasteiger partial charge on any atom is 0.211 e. The van der Waals surface area contributed by atoms with Gasteiger partial charge in [0, 0.05) is 10.9 Å². The smallest absolute Gasteiger partial charge is 0.211 e. The molecule has 0 aliphatic heterocycles. The molecule has 3 aromatic heterocycles. The van der Waals surface area contributed by atoms with Gasteiger partial charge < -0.3 is 4.74 Å². The second-order valence-electron chi connectivity index (χ2n) is 5.30. The van der Waals surface area contributed by atoms with E-state index in [2.05, 4.69) is 22.2 Å². The predicted octanol–water partition coefficient (Wildman–Crippen LogP) is 5.46. The van der Waals surface area contributed by atoms with E-state index in [-0.39, 0.29) is 0 Å². The molecule has 0 atom stereocenters. The maximum absolute atomic E-state index is 5.21. The summed E-state index contributed by atoms with van der Waals surface area (Å²) in [6.45, 7) is 0. The number of methoxy groups -OCH3 is 1. The number of thiophene rings is 2. The van der Waals surface area contributed by atoms with E-state index in [9.17, 15) is 0 Å². The summed E-state index contributed by atoms with van der Waals surface area (Å²) in [7, 11) is 1.66. The quantitative estimate of drug-likeness (QED) is 0.412. The summed E-state index contributed by atoms with van der Waals surface area (Å²) < 4.78 is 7.11. The van der Waals surface area contributed by atoms with Gasteiger partial charge in [-0.15, -0.1) is 22.7 Å². The Kier molecular flexibility index (Phi) is 5.10. The molecule has 0 unspecified atom stereocenters. The second-order valence-corrected chi connectivity index (χ2v) is 7.87. The number of benzene rings is 1. The molecule has 26 heavy (non-hydrogen) atoms. The first-order chi connectivity index (χ1) is 12.8. The molecule has 0 aliphatic rings. The van der Waals surface area contributed by atoms with E-state index in [1.54, 1.807) is 41.1 Å². The summed E-state index contributed by atoms with van der Waals surface area (Å²) in [5.41, 5.74) is 3.00. The van der Waals surface area contributed by atoms with Crippen molar-refractivity contribution in [1.29, 1.82) is 0 Å². The maximum atomic E-state index is 5.21. The van der Waals surface area contributed by atoms with Crippen LogP contribution < -0.4 is 9.54 Å². The summed E-state index contributed by atoms with van der Waals surface area (Å²) in [5, 5.41) is 13.0. The fraction of sp³-hybridized carbons (Fsp3) is 0.0526. The monoisotopic (exact) mass is 397 g/mol. The average Bonchev–Trinajstić information content (AvgIpc) is 3.42. The summed E-state index contributed by atoms with van der Waals surface area (Å²) in [6, 6.07) is 13.9. The molecular weight excluding hydrogens is 382 g/mol. The topological polar surface area (TPSA) is 38.9 Å². The van der Waals surface area contributed by atoms with Gasteiger partial charge in [-0.05, 0) is 52.5 Å². The van der Waals surface area contributed by atoms with Gasteiger partial charge in [-0.3, -0.25) is 0 Å². The number of aromatic nitrogens is 1. The summed E-state index contributed by atoms with van der Waals surface area (Å²) in [6.07, 6.45) is 1.87. The van der Waals surface area contributed by atoms with Gasteiger partial charge in [-0.1, -0.05) is 6.07 Å². The van der Waals surface area contributed by atoms with E-state index in [0.29, 0.717) is 0 Å². The van der Waals surface area contributed by atoms with Gasteiger partial charge in [-0.25, -0.2) is 9.67 Å². The molecule has 4 rings (SSSR count). The van der Waals surface area contributed by atoms with Crippen molar-refractivity contribution in [3.05, 3.63) is 74.3 Å². The van der Waals surface area contributed by atoms with Gasteiger partial charge in [0.15, 0.2) is 0 Å². The lowest BCUT2D eigenvalue weighted by molar-refractivity contribution is 0.415. The Morgan fingerprint density at radius 3 is 2.58 bits per heavy atom. The SMILES string of the molecule is COc1ccc(N=c2scc(-c3cccs3)n2N=Cc2ccsc2)cc1. The lowest BCUT2D eigenvalue weighted by atomic mass is 10.3. The summed E-state index contributed by atoms with van der Waals surface area (Å²) in [4.78, 5) is 6.76. The molecule has 0 saturated heterocycles. The van der Waals surface area contributed by atoms with Crippen LogP contribution in [0.3, 0.4) is 0 Å². The van der Waals surface area contributed by atoms with Crippen molar-refractivity contribution in [2.24, 2.45) is 10.1 Å². The highest BCUT2D eigenvalue weighted by Crippen LogP contribution is 2.25. The van der Waals surface area contributed by atoms with Crippen molar-refractivity contribution >= 4 is 45.9 Å². The van der Waals surface area contributed by atoms with E-state index >= 15 is 0 Å². The molecule has 1 aromatic carbocycles. The summed E-state index contributed by atoms with van der Waals surface area (Å²) in [5.74, 6) is 0.817. The molecule has 7 heteroatoms. The Morgan fingerprint density at radius 1 is 1.00 bits per heavy atom. The molecule has 0 fully saturated rings. The highest BCUT2D eigenvalue weighted by atomic mass is 32.1. The van der Waals surface area contributed by atoms with E-state index in [1.165, 1.54) is 4.88 Å². The zero-order valence-corrected chi connectivity index (χ0v) is 16.4. The number of rotatable bonds is 5. The van der Waals surface area contributed by atoms with Crippen LogP contribution >= 0.6 is 34.0 Å². The highest BCUT2D eigenvalue weighted by molar-refractivity contribution is 7.14. The third-order valence-corrected chi connectivity index (χ3v) is 6.03.